The lowest BCUT2D eigenvalue weighted by Gasteiger charge is -2.31. The second-order valence-corrected chi connectivity index (χ2v) is 4.90. The van der Waals surface area contributed by atoms with Gasteiger partial charge in [-0.15, -0.1) is 0 Å². The average Bonchev–Trinajstić information content (AvgIpc) is 2.29. The number of hydrogen-bond donors (Lipinski definition) is 1. The van der Waals surface area contributed by atoms with E-state index >= 15 is 0 Å². The molecule has 1 aliphatic rings. The molecule has 3 heteroatoms. The Kier molecular flexibility index (Phi) is 4.94. The van der Waals surface area contributed by atoms with Crippen molar-refractivity contribution in [2.45, 2.75) is 46.1 Å². The van der Waals surface area contributed by atoms with Crippen molar-refractivity contribution in [1.82, 2.24) is 0 Å². The van der Waals surface area contributed by atoms with Crippen LogP contribution >= 0.6 is 0 Å². The standard InChI is InChI=1S/C14H23NO2/c1-4-5-6-9-17-13(16)14(3)8-7-11(2)10-12(14)15/h7-8,10,12H,4-6,9,15H2,1-3H3. The van der Waals surface area contributed by atoms with Crippen molar-refractivity contribution in [3.63, 3.8) is 0 Å². The first-order valence-corrected chi connectivity index (χ1v) is 6.31. The van der Waals surface area contributed by atoms with E-state index in [9.17, 15) is 4.79 Å². The maximum atomic E-state index is 12.0. The molecule has 0 bridgehead atoms. The molecule has 2 unspecified atom stereocenters. The molecular formula is C14H23NO2. The number of carbonyl (C=O) groups is 1. The van der Waals surface area contributed by atoms with E-state index in [1.165, 1.54) is 0 Å². The Labute approximate surface area is 104 Å². The van der Waals surface area contributed by atoms with Crippen LogP contribution in [0.4, 0.5) is 0 Å². The molecule has 0 radical (unpaired) electrons. The Morgan fingerprint density at radius 1 is 1.53 bits per heavy atom. The molecule has 96 valence electrons. The van der Waals surface area contributed by atoms with Crippen molar-refractivity contribution in [3.8, 4) is 0 Å². The molecule has 1 rings (SSSR count). The Morgan fingerprint density at radius 2 is 2.24 bits per heavy atom. The van der Waals surface area contributed by atoms with Gasteiger partial charge in [0, 0.05) is 6.04 Å². The van der Waals surface area contributed by atoms with Crippen molar-refractivity contribution in [1.29, 1.82) is 0 Å². The highest BCUT2D eigenvalue weighted by Crippen LogP contribution is 2.30. The van der Waals surface area contributed by atoms with Gasteiger partial charge in [-0.2, -0.15) is 0 Å². The highest BCUT2D eigenvalue weighted by molar-refractivity contribution is 5.80. The second-order valence-electron chi connectivity index (χ2n) is 4.90. The van der Waals surface area contributed by atoms with Gasteiger partial charge in [-0.1, -0.05) is 43.6 Å². The predicted molar refractivity (Wildman–Crippen MR) is 69.5 cm³/mol. The Morgan fingerprint density at radius 3 is 2.82 bits per heavy atom. The third-order valence-corrected chi connectivity index (χ3v) is 3.25. The maximum Gasteiger partial charge on any atom is 0.317 e. The zero-order valence-corrected chi connectivity index (χ0v) is 11.0. The smallest absolute Gasteiger partial charge is 0.317 e. The molecule has 0 fully saturated rings. The quantitative estimate of drug-likeness (QED) is 0.590. The van der Waals surface area contributed by atoms with Gasteiger partial charge in [-0.3, -0.25) is 4.79 Å². The van der Waals surface area contributed by atoms with Gasteiger partial charge in [0.15, 0.2) is 0 Å². The molecular weight excluding hydrogens is 214 g/mol. The number of allylic oxidation sites excluding steroid dienone is 2. The summed E-state index contributed by atoms with van der Waals surface area (Å²) in [7, 11) is 0. The largest absolute Gasteiger partial charge is 0.465 e. The summed E-state index contributed by atoms with van der Waals surface area (Å²) in [6.07, 6.45) is 8.83. The van der Waals surface area contributed by atoms with Crippen LogP contribution in [0.1, 0.15) is 40.0 Å². The molecule has 0 aliphatic heterocycles. The van der Waals surface area contributed by atoms with Crippen LogP contribution in [-0.4, -0.2) is 18.6 Å². The number of carbonyl (C=O) groups excluding carboxylic acids is 1. The van der Waals surface area contributed by atoms with Gasteiger partial charge >= 0.3 is 5.97 Å². The first-order valence-electron chi connectivity index (χ1n) is 6.31. The summed E-state index contributed by atoms with van der Waals surface area (Å²) in [6.45, 7) is 6.42. The monoisotopic (exact) mass is 237 g/mol. The van der Waals surface area contributed by atoms with E-state index in [4.69, 9.17) is 10.5 Å². The normalized spacial score (nSPS) is 27.8. The van der Waals surface area contributed by atoms with E-state index in [1.807, 2.05) is 32.1 Å². The van der Waals surface area contributed by atoms with Gasteiger partial charge in [0.25, 0.3) is 0 Å². The highest BCUT2D eigenvalue weighted by Gasteiger charge is 2.39. The summed E-state index contributed by atoms with van der Waals surface area (Å²) in [5.41, 5.74) is 6.38. The van der Waals surface area contributed by atoms with Gasteiger partial charge in [0.05, 0.1) is 6.61 Å². The number of ether oxygens (including phenoxy) is 1. The molecule has 17 heavy (non-hydrogen) atoms. The van der Waals surface area contributed by atoms with Gasteiger partial charge in [0.1, 0.15) is 5.41 Å². The fourth-order valence-corrected chi connectivity index (χ4v) is 1.80. The molecule has 1 aliphatic carbocycles. The highest BCUT2D eigenvalue weighted by atomic mass is 16.5. The van der Waals surface area contributed by atoms with E-state index in [2.05, 4.69) is 6.92 Å². The van der Waals surface area contributed by atoms with Crippen LogP contribution < -0.4 is 5.73 Å². The molecule has 0 aromatic rings. The Hall–Kier alpha value is -1.09. The fraction of sp³-hybridized carbons (Fsp3) is 0.643. The zero-order chi connectivity index (χ0) is 12.9. The van der Waals surface area contributed by atoms with Crippen LogP contribution in [0.2, 0.25) is 0 Å². The first-order chi connectivity index (χ1) is 8.00. The van der Waals surface area contributed by atoms with Crippen LogP contribution in [-0.2, 0) is 9.53 Å². The first kappa shape index (κ1) is 14.0. The summed E-state index contributed by atoms with van der Waals surface area (Å²) in [4.78, 5) is 12.0. The molecule has 0 saturated carbocycles. The number of unbranched alkanes of at least 4 members (excludes halogenated alkanes) is 2. The average molecular weight is 237 g/mol. The summed E-state index contributed by atoms with van der Waals surface area (Å²) < 4.78 is 5.29. The number of hydrogen-bond acceptors (Lipinski definition) is 3. The van der Waals surface area contributed by atoms with Crippen LogP contribution in [0.15, 0.2) is 23.8 Å². The number of nitrogens with two attached hydrogens (primary N) is 1. The maximum absolute atomic E-state index is 12.0. The lowest BCUT2D eigenvalue weighted by molar-refractivity contribution is -0.152. The molecule has 2 atom stereocenters. The van der Waals surface area contributed by atoms with E-state index < -0.39 is 5.41 Å². The molecule has 0 heterocycles. The molecule has 0 amide bonds. The minimum Gasteiger partial charge on any atom is -0.465 e. The third kappa shape index (κ3) is 3.43. The van der Waals surface area contributed by atoms with E-state index in [0.29, 0.717) is 6.61 Å². The lowest BCUT2D eigenvalue weighted by atomic mass is 9.78. The summed E-state index contributed by atoms with van der Waals surface area (Å²) in [6, 6.07) is -0.300. The van der Waals surface area contributed by atoms with E-state index in [1.54, 1.807) is 0 Å². The minimum atomic E-state index is -0.717. The van der Waals surface area contributed by atoms with Crippen molar-refractivity contribution in [2.24, 2.45) is 11.1 Å². The molecule has 2 N–H and O–H groups in total. The Balaban J connectivity index is 2.54. The number of rotatable bonds is 5. The van der Waals surface area contributed by atoms with Crippen LogP contribution in [0.5, 0.6) is 0 Å². The lowest BCUT2D eigenvalue weighted by Crippen LogP contribution is -2.45. The molecule has 0 spiro atoms. The number of esters is 1. The van der Waals surface area contributed by atoms with Gasteiger partial charge < -0.3 is 10.5 Å². The van der Waals surface area contributed by atoms with Gasteiger partial charge in [-0.05, 0) is 20.3 Å². The SMILES string of the molecule is CCCCCOC(=O)C1(C)C=CC(C)=CC1N. The Bertz CT molecular complexity index is 333. The molecule has 0 aromatic carbocycles. The van der Waals surface area contributed by atoms with E-state index in [0.717, 1.165) is 24.8 Å². The zero-order valence-electron chi connectivity index (χ0n) is 11.0. The fourth-order valence-electron chi connectivity index (χ4n) is 1.80. The predicted octanol–water partition coefficient (Wildman–Crippen LogP) is 2.57. The van der Waals surface area contributed by atoms with Crippen molar-refractivity contribution in [3.05, 3.63) is 23.8 Å². The third-order valence-electron chi connectivity index (χ3n) is 3.25. The summed E-state index contributed by atoms with van der Waals surface area (Å²) in [5, 5.41) is 0. The van der Waals surface area contributed by atoms with E-state index in [-0.39, 0.29) is 12.0 Å². The molecule has 0 aromatic heterocycles. The van der Waals surface area contributed by atoms with Crippen molar-refractivity contribution < 1.29 is 9.53 Å². The van der Waals surface area contributed by atoms with Gasteiger partial charge in [-0.25, -0.2) is 0 Å². The van der Waals surface area contributed by atoms with Crippen LogP contribution in [0.25, 0.3) is 0 Å². The van der Waals surface area contributed by atoms with Crippen molar-refractivity contribution in [2.75, 3.05) is 6.61 Å². The molecule has 3 nitrogen and oxygen atoms in total. The topological polar surface area (TPSA) is 52.3 Å². The minimum absolute atomic E-state index is 0.221. The van der Waals surface area contributed by atoms with Crippen LogP contribution in [0.3, 0.4) is 0 Å². The molecule has 0 saturated heterocycles. The van der Waals surface area contributed by atoms with Gasteiger partial charge in [0.2, 0.25) is 0 Å². The second kappa shape index (κ2) is 6.01. The van der Waals surface area contributed by atoms with Crippen LogP contribution in [0, 0.1) is 5.41 Å². The summed E-state index contributed by atoms with van der Waals surface area (Å²) >= 11 is 0. The summed E-state index contributed by atoms with van der Waals surface area (Å²) in [5.74, 6) is -0.221. The van der Waals surface area contributed by atoms with Crippen molar-refractivity contribution >= 4 is 5.97 Å².